The Bertz CT molecular complexity index is 568. The van der Waals surface area contributed by atoms with Gasteiger partial charge >= 0.3 is 5.97 Å². The van der Waals surface area contributed by atoms with Crippen molar-refractivity contribution in [3.63, 3.8) is 0 Å². The molecule has 0 saturated carbocycles. The highest BCUT2D eigenvalue weighted by Gasteiger charge is 2.29. The van der Waals surface area contributed by atoms with E-state index in [2.05, 4.69) is 20.7 Å². The Morgan fingerprint density at radius 2 is 2.21 bits per heavy atom. The minimum Gasteiger partial charge on any atom is -0.465 e. The standard InChI is InChI=1S/C10H14BrNO5S2/c1-6(5-13)12(2)19(15,16)8-4-7(10(14)17-3)18-9(8)11/h4,6,13H,5H2,1-3H3. The van der Waals surface area contributed by atoms with Gasteiger partial charge in [0.1, 0.15) is 9.77 Å². The smallest absolute Gasteiger partial charge is 0.348 e. The van der Waals surface area contributed by atoms with Crippen LogP contribution in [0.2, 0.25) is 0 Å². The maximum atomic E-state index is 12.3. The number of aliphatic hydroxyl groups excluding tert-OH is 1. The molecule has 0 amide bonds. The van der Waals surface area contributed by atoms with E-state index in [0.717, 1.165) is 15.6 Å². The molecular formula is C10H14BrNO5S2. The van der Waals surface area contributed by atoms with Crippen molar-refractivity contribution in [2.24, 2.45) is 0 Å². The Labute approximate surface area is 124 Å². The molecule has 0 fully saturated rings. The fourth-order valence-electron chi connectivity index (χ4n) is 1.24. The molecule has 1 unspecified atom stereocenters. The molecule has 0 spiro atoms. The molecule has 0 bridgehead atoms. The summed E-state index contributed by atoms with van der Waals surface area (Å²) in [5.74, 6) is -0.593. The first-order valence-electron chi connectivity index (χ1n) is 5.22. The summed E-state index contributed by atoms with van der Waals surface area (Å²) in [5.41, 5.74) is 0. The molecule has 0 saturated heterocycles. The van der Waals surface area contributed by atoms with Crippen LogP contribution in [-0.4, -0.2) is 50.6 Å². The van der Waals surface area contributed by atoms with E-state index in [0.29, 0.717) is 3.79 Å². The third kappa shape index (κ3) is 3.34. The highest BCUT2D eigenvalue weighted by Crippen LogP contribution is 2.34. The van der Waals surface area contributed by atoms with Crippen LogP contribution in [0.5, 0.6) is 0 Å². The summed E-state index contributed by atoms with van der Waals surface area (Å²) in [4.78, 5) is 11.6. The summed E-state index contributed by atoms with van der Waals surface area (Å²) >= 11 is 4.12. The first-order valence-corrected chi connectivity index (χ1v) is 8.27. The maximum Gasteiger partial charge on any atom is 0.348 e. The molecule has 0 aliphatic carbocycles. The number of carbonyl (C=O) groups excluding carboxylic acids is 1. The number of rotatable bonds is 5. The lowest BCUT2D eigenvalue weighted by molar-refractivity contribution is 0.0606. The van der Waals surface area contributed by atoms with Crippen molar-refractivity contribution < 1.29 is 23.1 Å². The van der Waals surface area contributed by atoms with E-state index in [1.165, 1.54) is 20.2 Å². The van der Waals surface area contributed by atoms with Crippen molar-refractivity contribution in [3.05, 3.63) is 14.7 Å². The van der Waals surface area contributed by atoms with Gasteiger partial charge in [0.25, 0.3) is 0 Å². The van der Waals surface area contributed by atoms with Gasteiger partial charge in [0.2, 0.25) is 10.0 Å². The number of nitrogens with zero attached hydrogens (tertiary/aromatic N) is 1. The van der Waals surface area contributed by atoms with E-state index < -0.39 is 22.0 Å². The SMILES string of the molecule is COC(=O)c1cc(S(=O)(=O)N(C)C(C)CO)c(Br)s1. The highest BCUT2D eigenvalue weighted by atomic mass is 79.9. The van der Waals surface area contributed by atoms with Crippen LogP contribution in [-0.2, 0) is 14.8 Å². The molecule has 1 heterocycles. The Morgan fingerprint density at radius 1 is 1.63 bits per heavy atom. The zero-order chi connectivity index (χ0) is 14.8. The summed E-state index contributed by atoms with van der Waals surface area (Å²) < 4.78 is 30.6. The average Bonchev–Trinajstić information content (AvgIpc) is 2.78. The summed E-state index contributed by atoms with van der Waals surface area (Å²) in [6.45, 7) is 1.29. The lowest BCUT2D eigenvalue weighted by atomic mass is 10.4. The predicted molar refractivity (Wildman–Crippen MR) is 74.9 cm³/mol. The number of hydrogen-bond donors (Lipinski definition) is 1. The van der Waals surface area contributed by atoms with Gasteiger partial charge in [0.15, 0.2) is 0 Å². The molecule has 1 atom stereocenters. The third-order valence-electron chi connectivity index (χ3n) is 2.58. The van der Waals surface area contributed by atoms with E-state index in [9.17, 15) is 13.2 Å². The number of likely N-dealkylation sites (N-methyl/N-ethyl adjacent to an activating group) is 1. The molecule has 0 radical (unpaired) electrons. The summed E-state index contributed by atoms with van der Waals surface area (Å²) in [5, 5.41) is 9.03. The molecule has 0 aromatic carbocycles. The zero-order valence-electron chi connectivity index (χ0n) is 10.6. The van der Waals surface area contributed by atoms with Crippen LogP contribution in [0.1, 0.15) is 16.6 Å². The van der Waals surface area contributed by atoms with Crippen LogP contribution in [0.25, 0.3) is 0 Å². The first kappa shape index (κ1) is 16.6. The molecule has 1 aromatic heterocycles. The topological polar surface area (TPSA) is 83.9 Å². The quantitative estimate of drug-likeness (QED) is 0.788. The van der Waals surface area contributed by atoms with Crippen LogP contribution in [0.15, 0.2) is 14.7 Å². The van der Waals surface area contributed by atoms with Crippen LogP contribution in [0.3, 0.4) is 0 Å². The molecule has 0 aliphatic heterocycles. The molecule has 108 valence electrons. The molecule has 0 aliphatic rings. The van der Waals surface area contributed by atoms with Crippen molar-refractivity contribution in [3.8, 4) is 0 Å². The molecule has 1 aromatic rings. The first-order chi connectivity index (χ1) is 8.75. The number of sulfonamides is 1. The van der Waals surface area contributed by atoms with Crippen molar-refractivity contribution >= 4 is 43.3 Å². The highest BCUT2D eigenvalue weighted by molar-refractivity contribution is 9.11. The van der Waals surface area contributed by atoms with Gasteiger partial charge in [0, 0.05) is 13.1 Å². The van der Waals surface area contributed by atoms with E-state index >= 15 is 0 Å². The Kier molecular flexibility index (Phi) is 5.51. The minimum atomic E-state index is -3.77. The Hall–Kier alpha value is -0.480. The molecular weight excluding hydrogens is 358 g/mol. The molecule has 1 N–H and O–H groups in total. The largest absolute Gasteiger partial charge is 0.465 e. The Morgan fingerprint density at radius 3 is 2.68 bits per heavy atom. The van der Waals surface area contributed by atoms with E-state index in [-0.39, 0.29) is 16.4 Å². The second-order valence-corrected chi connectivity index (χ2v) is 8.13. The zero-order valence-corrected chi connectivity index (χ0v) is 13.8. The Balaban J connectivity index is 3.22. The van der Waals surface area contributed by atoms with Gasteiger partial charge in [-0.25, -0.2) is 13.2 Å². The molecule has 19 heavy (non-hydrogen) atoms. The van der Waals surface area contributed by atoms with Crippen LogP contribution < -0.4 is 0 Å². The van der Waals surface area contributed by atoms with Crippen molar-refractivity contribution in [1.29, 1.82) is 0 Å². The second-order valence-electron chi connectivity index (χ2n) is 3.79. The normalized spacial score (nSPS) is 13.6. The van der Waals surface area contributed by atoms with Crippen LogP contribution in [0, 0.1) is 0 Å². The number of carbonyl (C=O) groups is 1. The molecule has 6 nitrogen and oxygen atoms in total. The predicted octanol–water partition coefficient (Wildman–Crippen LogP) is 1.30. The summed E-state index contributed by atoms with van der Waals surface area (Å²) in [7, 11) is -1.17. The number of halogens is 1. The fourth-order valence-corrected chi connectivity index (χ4v) is 5.02. The van der Waals surface area contributed by atoms with Crippen molar-refractivity contribution in [2.45, 2.75) is 17.9 Å². The maximum absolute atomic E-state index is 12.3. The number of aliphatic hydroxyl groups is 1. The third-order valence-corrected chi connectivity index (χ3v) is 6.79. The van der Waals surface area contributed by atoms with Gasteiger partial charge in [-0.1, -0.05) is 0 Å². The van der Waals surface area contributed by atoms with Gasteiger partial charge in [0.05, 0.1) is 17.5 Å². The van der Waals surface area contributed by atoms with Crippen LogP contribution in [0.4, 0.5) is 0 Å². The number of thiophene rings is 1. The van der Waals surface area contributed by atoms with E-state index in [1.807, 2.05) is 0 Å². The van der Waals surface area contributed by atoms with Gasteiger partial charge in [-0.15, -0.1) is 11.3 Å². The van der Waals surface area contributed by atoms with Crippen molar-refractivity contribution in [2.75, 3.05) is 20.8 Å². The van der Waals surface area contributed by atoms with Gasteiger partial charge in [-0.2, -0.15) is 4.31 Å². The molecule has 1 rings (SSSR count). The number of ether oxygens (including phenoxy) is 1. The van der Waals surface area contributed by atoms with E-state index in [1.54, 1.807) is 6.92 Å². The van der Waals surface area contributed by atoms with E-state index in [4.69, 9.17) is 5.11 Å². The minimum absolute atomic E-state index is 0.0132. The number of esters is 1. The van der Waals surface area contributed by atoms with Crippen molar-refractivity contribution in [1.82, 2.24) is 4.31 Å². The lowest BCUT2D eigenvalue weighted by Gasteiger charge is -2.22. The van der Waals surface area contributed by atoms with Gasteiger partial charge in [-0.3, -0.25) is 0 Å². The monoisotopic (exact) mass is 371 g/mol. The van der Waals surface area contributed by atoms with Gasteiger partial charge in [-0.05, 0) is 28.9 Å². The second kappa shape index (κ2) is 6.31. The number of methoxy groups -OCH3 is 1. The number of hydrogen-bond acceptors (Lipinski definition) is 6. The molecule has 9 heteroatoms. The lowest BCUT2D eigenvalue weighted by Crippen LogP contribution is -2.37. The summed E-state index contributed by atoms with van der Waals surface area (Å²) in [6.07, 6.45) is 0. The average molecular weight is 372 g/mol. The van der Waals surface area contributed by atoms with Crippen LogP contribution >= 0.6 is 27.3 Å². The van der Waals surface area contributed by atoms with Gasteiger partial charge < -0.3 is 9.84 Å². The summed E-state index contributed by atoms with van der Waals surface area (Å²) in [6, 6.07) is 0.703. The fraction of sp³-hybridized carbons (Fsp3) is 0.500.